The first-order chi connectivity index (χ1) is 8.97. The van der Waals surface area contributed by atoms with Crippen LogP contribution in [0.2, 0.25) is 0 Å². The third-order valence-electron chi connectivity index (χ3n) is 2.97. The molecule has 0 spiro atoms. The molecule has 0 aromatic heterocycles. The van der Waals surface area contributed by atoms with Crippen molar-refractivity contribution >= 4 is 15.5 Å². The second-order valence-electron chi connectivity index (χ2n) is 5.28. The Kier molecular flexibility index (Phi) is 6.35. The molecule has 0 saturated carbocycles. The third kappa shape index (κ3) is 5.23. The van der Waals surface area contributed by atoms with Gasteiger partial charge in [0.1, 0.15) is 0 Å². The number of para-hydroxylation sites is 1. The van der Waals surface area contributed by atoms with E-state index in [0.717, 1.165) is 25.1 Å². The molecule has 1 rings (SSSR count). The van der Waals surface area contributed by atoms with Crippen LogP contribution in [-0.2, 0) is 9.84 Å². The Morgan fingerprint density at radius 2 is 1.89 bits per heavy atom. The highest BCUT2D eigenvalue weighted by molar-refractivity contribution is 7.91. The fourth-order valence-corrected chi connectivity index (χ4v) is 3.51. The summed E-state index contributed by atoms with van der Waals surface area (Å²) in [4.78, 5) is 0.432. The van der Waals surface area contributed by atoms with Crippen LogP contribution in [0.1, 0.15) is 40.0 Å². The molecule has 0 aliphatic rings. The van der Waals surface area contributed by atoms with Crippen molar-refractivity contribution in [2.75, 3.05) is 17.6 Å². The van der Waals surface area contributed by atoms with Crippen LogP contribution in [0.25, 0.3) is 0 Å². The van der Waals surface area contributed by atoms with Gasteiger partial charge >= 0.3 is 0 Å². The van der Waals surface area contributed by atoms with Gasteiger partial charge in [0.2, 0.25) is 0 Å². The molecule has 3 nitrogen and oxygen atoms in total. The van der Waals surface area contributed by atoms with Crippen molar-refractivity contribution in [3.63, 3.8) is 0 Å². The Labute approximate surface area is 117 Å². The Balaban J connectivity index is 2.74. The fraction of sp³-hybridized carbons (Fsp3) is 0.600. The van der Waals surface area contributed by atoms with E-state index in [0.29, 0.717) is 17.2 Å². The van der Waals surface area contributed by atoms with Gasteiger partial charge in [-0.3, -0.25) is 0 Å². The molecule has 1 aromatic rings. The van der Waals surface area contributed by atoms with Gasteiger partial charge in [0.25, 0.3) is 0 Å². The van der Waals surface area contributed by atoms with Crippen molar-refractivity contribution in [3.05, 3.63) is 24.3 Å². The second-order valence-corrected chi connectivity index (χ2v) is 7.36. The molecule has 0 radical (unpaired) electrons. The summed E-state index contributed by atoms with van der Waals surface area (Å²) in [7, 11) is -3.16. The smallest absolute Gasteiger partial charge is 0.180 e. The topological polar surface area (TPSA) is 46.2 Å². The summed E-state index contributed by atoms with van der Waals surface area (Å²) in [6.45, 7) is 7.09. The Bertz CT molecular complexity index is 481. The van der Waals surface area contributed by atoms with Crippen LogP contribution in [0.3, 0.4) is 0 Å². The monoisotopic (exact) mass is 283 g/mol. The number of sulfone groups is 1. The van der Waals surface area contributed by atoms with E-state index in [1.165, 1.54) is 0 Å². The minimum Gasteiger partial charge on any atom is -0.384 e. The minimum atomic E-state index is -3.16. The van der Waals surface area contributed by atoms with Crippen LogP contribution in [0, 0.1) is 5.92 Å². The fourth-order valence-electron chi connectivity index (χ4n) is 2.00. The molecule has 1 N–H and O–H groups in total. The van der Waals surface area contributed by atoms with Gasteiger partial charge in [0, 0.05) is 6.54 Å². The summed E-state index contributed by atoms with van der Waals surface area (Å²) in [5.41, 5.74) is 0.736. The lowest BCUT2D eigenvalue weighted by molar-refractivity contribution is 0.566. The zero-order valence-corrected chi connectivity index (χ0v) is 13.0. The molecule has 1 aromatic carbocycles. The third-order valence-corrected chi connectivity index (χ3v) is 4.94. The first kappa shape index (κ1) is 16.0. The molecule has 0 amide bonds. The normalized spacial score (nSPS) is 11.8. The predicted molar refractivity (Wildman–Crippen MR) is 81.3 cm³/mol. The SMILES string of the molecule is CCCS(=O)(=O)c1ccccc1NCCCC(C)C. The van der Waals surface area contributed by atoms with Crippen molar-refractivity contribution in [2.24, 2.45) is 5.92 Å². The molecule has 4 heteroatoms. The first-order valence-electron chi connectivity index (χ1n) is 7.03. The molecule has 0 unspecified atom stereocenters. The van der Waals surface area contributed by atoms with E-state index < -0.39 is 9.84 Å². The first-order valence-corrected chi connectivity index (χ1v) is 8.68. The lowest BCUT2D eigenvalue weighted by Crippen LogP contribution is -2.11. The lowest BCUT2D eigenvalue weighted by atomic mass is 10.1. The van der Waals surface area contributed by atoms with Gasteiger partial charge in [-0.15, -0.1) is 0 Å². The van der Waals surface area contributed by atoms with Crippen LogP contribution in [0.15, 0.2) is 29.2 Å². The molecule has 0 fully saturated rings. The lowest BCUT2D eigenvalue weighted by Gasteiger charge is -2.12. The van der Waals surface area contributed by atoms with Crippen molar-refractivity contribution in [2.45, 2.75) is 44.9 Å². The van der Waals surface area contributed by atoms with Gasteiger partial charge in [-0.2, -0.15) is 0 Å². The summed E-state index contributed by atoms with van der Waals surface area (Å²) >= 11 is 0. The summed E-state index contributed by atoms with van der Waals surface area (Å²) in [6, 6.07) is 7.19. The van der Waals surface area contributed by atoms with Gasteiger partial charge < -0.3 is 5.32 Å². The van der Waals surface area contributed by atoms with Crippen LogP contribution in [0.5, 0.6) is 0 Å². The number of nitrogens with one attached hydrogen (secondary N) is 1. The van der Waals surface area contributed by atoms with Gasteiger partial charge in [0.15, 0.2) is 9.84 Å². The van der Waals surface area contributed by atoms with E-state index in [9.17, 15) is 8.42 Å². The van der Waals surface area contributed by atoms with E-state index in [4.69, 9.17) is 0 Å². The standard InChI is InChI=1S/C15H25NO2S/c1-4-12-19(17,18)15-10-6-5-9-14(15)16-11-7-8-13(2)3/h5-6,9-10,13,16H,4,7-8,11-12H2,1-3H3. The van der Waals surface area contributed by atoms with E-state index in [1.54, 1.807) is 12.1 Å². The maximum absolute atomic E-state index is 12.2. The van der Waals surface area contributed by atoms with Crippen molar-refractivity contribution in [3.8, 4) is 0 Å². The Hall–Kier alpha value is -1.03. The highest BCUT2D eigenvalue weighted by Crippen LogP contribution is 2.22. The van der Waals surface area contributed by atoms with Gasteiger partial charge in [-0.05, 0) is 37.3 Å². The average molecular weight is 283 g/mol. The second kappa shape index (κ2) is 7.53. The molecule has 108 valence electrons. The highest BCUT2D eigenvalue weighted by atomic mass is 32.2. The highest BCUT2D eigenvalue weighted by Gasteiger charge is 2.16. The molecule has 0 heterocycles. The van der Waals surface area contributed by atoms with Crippen LogP contribution >= 0.6 is 0 Å². The molecule has 0 aliphatic heterocycles. The average Bonchev–Trinajstić information content (AvgIpc) is 2.35. The van der Waals surface area contributed by atoms with Crippen LogP contribution in [-0.4, -0.2) is 20.7 Å². The summed E-state index contributed by atoms with van der Waals surface area (Å²) in [5, 5.41) is 3.25. The number of benzene rings is 1. The molecular weight excluding hydrogens is 258 g/mol. The number of hydrogen-bond acceptors (Lipinski definition) is 3. The van der Waals surface area contributed by atoms with E-state index in [-0.39, 0.29) is 5.75 Å². The predicted octanol–water partition coefficient (Wildman–Crippen LogP) is 3.72. The molecule has 19 heavy (non-hydrogen) atoms. The molecule has 0 saturated heterocycles. The van der Waals surface area contributed by atoms with E-state index in [1.807, 2.05) is 19.1 Å². The molecule has 0 aliphatic carbocycles. The van der Waals surface area contributed by atoms with Gasteiger partial charge in [-0.25, -0.2) is 8.42 Å². The molecule has 0 atom stereocenters. The summed E-state index contributed by atoms with van der Waals surface area (Å²) in [5.74, 6) is 0.887. The number of anilines is 1. The number of hydrogen-bond donors (Lipinski definition) is 1. The molecular formula is C15H25NO2S. The zero-order chi connectivity index (χ0) is 14.3. The Morgan fingerprint density at radius 1 is 1.21 bits per heavy atom. The van der Waals surface area contributed by atoms with Crippen molar-refractivity contribution < 1.29 is 8.42 Å². The van der Waals surface area contributed by atoms with Crippen molar-refractivity contribution in [1.82, 2.24) is 0 Å². The Morgan fingerprint density at radius 3 is 2.53 bits per heavy atom. The van der Waals surface area contributed by atoms with E-state index in [2.05, 4.69) is 19.2 Å². The number of rotatable bonds is 8. The maximum Gasteiger partial charge on any atom is 0.180 e. The largest absolute Gasteiger partial charge is 0.384 e. The quantitative estimate of drug-likeness (QED) is 0.740. The maximum atomic E-state index is 12.2. The van der Waals surface area contributed by atoms with E-state index >= 15 is 0 Å². The minimum absolute atomic E-state index is 0.206. The molecule has 0 bridgehead atoms. The van der Waals surface area contributed by atoms with Crippen LogP contribution < -0.4 is 5.32 Å². The zero-order valence-electron chi connectivity index (χ0n) is 12.1. The van der Waals surface area contributed by atoms with Gasteiger partial charge in [0.05, 0.1) is 16.3 Å². The summed E-state index contributed by atoms with van der Waals surface area (Å²) < 4.78 is 24.3. The van der Waals surface area contributed by atoms with Crippen LogP contribution in [0.4, 0.5) is 5.69 Å². The summed E-state index contributed by atoms with van der Waals surface area (Å²) in [6.07, 6.45) is 2.85. The van der Waals surface area contributed by atoms with Gasteiger partial charge in [-0.1, -0.05) is 32.9 Å². The van der Waals surface area contributed by atoms with Crippen molar-refractivity contribution in [1.29, 1.82) is 0 Å².